The zero-order valence-corrected chi connectivity index (χ0v) is 15.9. The monoisotopic (exact) mass is 340 g/mol. The van der Waals surface area contributed by atoms with Crippen LogP contribution >= 0.6 is 0 Å². The molecule has 0 spiro atoms. The highest BCUT2D eigenvalue weighted by Crippen LogP contribution is 2.33. The Hall–Kier alpha value is -3.17. The van der Waals surface area contributed by atoms with Crippen LogP contribution < -0.4 is 4.57 Å². The van der Waals surface area contributed by atoms with E-state index >= 15 is 0 Å². The molecule has 0 fully saturated rings. The van der Waals surface area contributed by atoms with E-state index in [0.717, 1.165) is 22.0 Å². The summed E-state index contributed by atoms with van der Waals surface area (Å²) in [5.41, 5.74) is 5.74. The Labute approximate surface area is 155 Å². The summed E-state index contributed by atoms with van der Waals surface area (Å²) in [4.78, 5) is 3.53. The summed E-state index contributed by atoms with van der Waals surface area (Å²) in [6.45, 7) is 15.5. The van der Waals surface area contributed by atoms with E-state index < -0.39 is 5.54 Å². The lowest BCUT2D eigenvalue weighted by molar-refractivity contribution is -0.659. The van der Waals surface area contributed by atoms with Gasteiger partial charge in [0.2, 0.25) is 5.69 Å². The lowest BCUT2D eigenvalue weighted by atomic mass is 9.90. The fourth-order valence-corrected chi connectivity index (χ4v) is 3.45. The van der Waals surface area contributed by atoms with Crippen LogP contribution in [-0.4, -0.2) is 0 Å². The van der Waals surface area contributed by atoms with Crippen LogP contribution in [0.25, 0.3) is 26.9 Å². The van der Waals surface area contributed by atoms with Crippen LogP contribution in [0.5, 0.6) is 0 Å². The molecular weight excluding hydrogens is 318 g/mol. The summed E-state index contributed by atoms with van der Waals surface area (Å²) >= 11 is 0. The number of nitriles is 1. The molecular formula is C23H22N3+. The van der Waals surface area contributed by atoms with Gasteiger partial charge >= 0.3 is 5.54 Å². The highest BCUT2D eigenvalue weighted by atomic mass is 14.9. The number of benzene rings is 2. The summed E-state index contributed by atoms with van der Waals surface area (Å²) in [6.07, 6.45) is 2.04. The fourth-order valence-electron chi connectivity index (χ4n) is 3.45. The Bertz CT molecular complexity index is 1100. The second kappa shape index (κ2) is 6.28. The number of fused-ring (bicyclic) bond motifs is 1. The Morgan fingerprint density at radius 1 is 1.12 bits per heavy atom. The van der Waals surface area contributed by atoms with Crippen LogP contribution in [0.15, 0.2) is 42.6 Å². The molecule has 0 saturated carbocycles. The van der Waals surface area contributed by atoms with E-state index in [-0.39, 0.29) is 0 Å². The highest BCUT2D eigenvalue weighted by molar-refractivity contribution is 5.94. The predicted octanol–water partition coefficient (Wildman–Crippen LogP) is 4.91. The number of nitrogens with zero attached hydrogens (tertiary/aromatic N) is 3. The second-order valence-electron chi connectivity index (χ2n) is 7.13. The molecule has 0 aliphatic heterocycles. The number of aromatic nitrogens is 1. The van der Waals surface area contributed by atoms with E-state index in [1.807, 2.05) is 30.5 Å². The maximum Gasteiger partial charge on any atom is 0.338 e. The van der Waals surface area contributed by atoms with Crippen molar-refractivity contribution in [2.75, 3.05) is 0 Å². The molecule has 0 bridgehead atoms. The van der Waals surface area contributed by atoms with E-state index in [1.165, 1.54) is 22.3 Å². The molecule has 2 aromatic carbocycles. The molecule has 0 aliphatic rings. The molecule has 26 heavy (non-hydrogen) atoms. The van der Waals surface area contributed by atoms with Crippen molar-refractivity contribution in [1.82, 2.24) is 0 Å². The largest absolute Gasteiger partial charge is 0.338 e. The van der Waals surface area contributed by atoms with Crippen molar-refractivity contribution in [2.45, 2.75) is 33.2 Å². The lowest BCUT2D eigenvalue weighted by Gasteiger charge is -2.13. The molecule has 1 unspecified atom stereocenters. The molecule has 3 heteroatoms. The molecule has 0 radical (unpaired) electrons. The van der Waals surface area contributed by atoms with Crippen molar-refractivity contribution in [3.05, 3.63) is 76.3 Å². The molecule has 1 aromatic heterocycles. The van der Waals surface area contributed by atoms with Crippen LogP contribution in [0, 0.1) is 38.7 Å². The van der Waals surface area contributed by atoms with Crippen LogP contribution in [0.4, 0.5) is 0 Å². The Balaban J connectivity index is 2.34. The van der Waals surface area contributed by atoms with E-state index in [4.69, 9.17) is 6.57 Å². The Morgan fingerprint density at radius 3 is 2.50 bits per heavy atom. The average molecular weight is 340 g/mol. The number of aryl methyl sites for hydroxylation is 3. The van der Waals surface area contributed by atoms with Crippen LogP contribution in [0.3, 0.4) is 0 Å². The maximum atomic E-state index is 9.42. The number of hydrogen-bond acceptors (Lipinski definition) is 1. The smallest absolute Gasteiger partial charge is 0.289 e. The van der Waals surface area contributed by atoms with Crippen LogP contribution in [-0.2, 0) is 12.6 Å². The molecule has 1 heterocycles. The molecule has 128 valence electrons. The third-order valence-corrected chi connectivity index (χ3v) is 5.21. The normalized spacial score (nSPS) is 13.0. The Kier molecular flexibility index (Phi) is 4.26. The van der Waals surface area contributed by atoms with Crippen molar-refractivity contribution in [3.8, 4) is 17.3 Å². The molecule has 3 rings (SSSR count). The third kappa shape index (κ3) is 2.72. The summed E-state index contributed by atoms with van der Waals surface area (Å²) < 4.78 is 2.14. The van der Waals surface area contributed by atoms with Crippen molar-refractivity contribution in [1.29, 1.82) is 5.26 Å². The second-order valence-corrected chi connectivity index (χ2v) is 7.13. The lowest BCUT2D eigenvalue weighted by Crippen LogP contribution is -2.31. The van der Waals surface area contributed by atoms with Crippen LogP contribution in [0.2, 0.25) is 0 Å². The summed E-state index contributed by atoms with van der Waals surface area (Å²) in [5, 5.41) is 11.6. The molecule has 0 amide bonds. The maximum absolute atomic E-state index is 9.42. The molecule has 3 aromatic rings. The highest BCUT2D eigenvalue weighted by Gasteiger charge is 2.33. The van der Waals surface area contributed by atoms with Gasteiger partial charge in [-0.1, -0.05) is 11.6 Å². The predicted molar refractivity (Wildman–Crippen MR) is 104 cm³/mol. The zero-order chi connectivity index (χ0) is 19.1. The van der Waals surface area contributed by atoms with Gasteiger partial charge < -0.3 is 0 Å². The number of pyridine rings is 1. The fraction of sp³-hybridized carbons (Fsp3) is 0.261. The summed E-state index contributed by atoms with van der Waals surface area (Å²) in [6, 6.07) is 14.5. The standard InChI is InChI=1S/C23H22N3/c1-15-11-16(2)17(3)21(12-15)22-20-8-7-19(23(4,14-24)25-5)13-18(20)9-10-26(22)6/h7-13H,1-4,6H3/q+1. The minimum Gasteiger partial charge on any atom is -0.289 e. The van der Waals surface area contributed by atoms with Gasteiger partial charge in [-0.2, -0.15) is 5.26 Å². The first-order chi connectivity index (χ1) is 12.3. The first kappa shape index (κ1) is 17.6. The van der Waals surface area contributed by atoms with Gasteiger partial charge in [0.25, 0.3) is 0 Å². The van der Waals surface area contributed by atoms with Gasteiger partial charge in [-0.05, 0) is 61.5 Å². The van der Waals surface area contributed by atoms with Gasteiger partial charge in [-0.25, -0.2) is 11.1 Å². The molecule has 3 nitrogen and oxygen atoms in total. The Morgan fingerprint density at radius 2 is 1.85 bits per heavy atom. The average Bonchev–Trinajstić information content (AvgIpc) is 2.64. The van der Waals surface area contributed by atoms with Crippen molar-refractivity contribution in [2.24, 2.45) is 7.05 Å². The quantitative estimate of drug-likeness (QED) is 0.481. The summed E-state index contributed by atoms with van der Waals surface area (Å²) in [7, 11) is 2.05. The number of rotatable bonds is 2. The molecule has 0 N–H and O–H groups in total. The topological polar surface area (TPSA) is 32.0 Å². The minimum absolute atomic E-state index is 0.736. The minimum atomic E-state index is -1.15. The van der Waals surface area contributed by atoms with E-state index in [9.17, 15) is 5.26 Å². The van der Waals surface area contributed by atoms with Crippen molar-refractivity contribution < 1.29 is 4.57 Å². The van der Waals surface area contributed by atoms with Crippen molar-refractivity contribution in [3.63, 3.8) is 0 Å². The van der Waals surface area contributed by atoms with Gasteiger partial charge in [0, 0.05) is 13.0 Å². The molecule has 0 saturated heterocycles. The zero-order valence-electron chi connectivity index (χ0n) is 15.9. The molecule has 1 atom stereocenters. The van der Waals surface area contributed by atoms with Gasteiger partial charge in [0.05, 0.1) is 16.5 Å². The van der Waals surface area contributed by atoms with E-state index in [0.29, 0.717) is 0 Å². The van der Waals surface area contributed by atoms with E-state index in [1.54, 1.807) is 6.92 Å². The number of hydrogen-bond donors (Lipinski definition) is 0. The SMILES string of the molecule is [C-]#[N+]C(C)(C#N)c1ccc2c(-c3cc(C)cc(C)c3C)[n+](C)ccc2c1. The van der Waals surface area contributed by atoms with Gasteiger partial charge in [0.1, 0.15) is 7.05 Å². The first-order valence-electron chi connectivity index (χ1n) is 8.61. The van der Waals surface area contributed by atoms with Gasteiger partial charge in [-0.3, -0.25) is 4.85 Å². The summed E-state index contributed by atoms with van der Waals surface area (Å²) in [5.74, 6) is 0. The first-order valence-corrected chi connectivity index (χ1v) is 8.61. The van der Waals surface area contributed by atoms with Crippen molar-refractivity contribution >= 4 is 10.8 Å². The third-order valence-electron chi connectivity index (χ3n) is 5.21. The van der Waals surface area contributed by atoms with Crippen LogP contribution in [0.1, 0.15) is 29.2 Å². The van der Waals surface area contributed by atoms with Gasteiger partial charge in [0.15, 0.2) is 12.3 Å². The van der Waals surface area contributed by atoms with E-state index in [2.05, 4.69) is 55.4 Å². The van der Waals surface area contributed by atoms with Gasteiger partial charge in [-0.15, -0.1) is 0 Å². The molecule has 0 aliphatic carbocycles.